The lowest BCUT2D eigenvalue weighted by atomic mass is 10.3. The molecule has 0 fully saturated rings. The quantitative estimate of drug-likeness (QED) is 0.936. The smallest absolute Gasteiger partial charge is 0.273 e. The summed E-state index contributed by atoms with van der Waals surface area (Å²) in [5.74, 6) is -0.137. The molecule has 1 N–H and O–H groups in total. The van der Waals surface area contributed by atoms with Gasteiger partial charge in [-0.1, -0.05) is 0 Å². The summed E-state index contributed by atoms with van der Waals surface area (Å²) in [5.41, 5.74) is 0.165. The molecule has 0 saturated heterocycles. The van der Waals surface area contributed by atoms with Gasteiger partial charge in [0.05, 0.1) is 11.0 Å². The third kappa shape index (κ3) is 3.37. The van der Waals surface area contributed by atoms with Crippen LogP contribution in [0.15, 0.2) is 41.1 Å². The Hall–Kier alpha value is -1.76. The first-order valence-electron chi connectivity index (χ1n) is 5.43. The normalized spacial score (nSPS) is 10.7. The number of nitrogens with one attached hydrogen (secondary N) is 1. The molecule has 0 aliphatic carbocycles. The zero-order valence-corrected chi connectivity index (χ0v) is 11.3. The Balaban J connectivity index is 2.17. The van der Waals surface area contributed by atoms with Crippen molar-refractivity contribution in [3.8, 4) is 0 Å². The van der Waals surface area contributed by atoms with Crippen molar-refractivity contribution in [2.75, 3.05) is 5.32 Å². The van der Waals surface area contributed by atoms with Gasteiger partial charge in [0.1, 0.15) is 11.5 Å². The Morgan fingerprint density at radius 1 is 1.42 bits per heavy atom. The maximum atomic E-state index is 12.4. The maximum absolute atomic E-state index is 12.4. The highest BCUT2D eigenvalue weighted by Gasteiger charge is 2.15. The third-order valence-corrected chi connectivity index (χ3v) is 3.03. The first kappa shape index (κ1) is 13.7. The number of aromatic nitrogens is 2. The molecule has 2 rings (SSSR count). The first-order chi connectivity index (χ1) is 9.08. The van der Waals surface area contributed by atoms with Crippen molar-refractivity contribution in [3.63, 3.8) is 0 Å². The molecular formula is C12H10BrF2N3O. The van der Waals surface area contributed by atoms with Crippen molar-refractivity contribution >= 4 is 27.7 Å². The van der Waals surface area contributed by atoms with Crippen LogP contribution in [-0.2, 0) is 6.54 Å². The van der Waals surface area contributed by atoms with Crippen LogP contribution in [0.2, 0.25) is 0 Å². The van der Waals surface area contributed by atoms with Crippen LogP contribution in [0.4, 0.5) is 14.6 Å². The van der Waals surface area contributed by atoms with E-state index in [4.69, 9.17) is 0 Å². The van der Waals surface area contributed by atoms with Crippen molar-refractivity contribution in [2.24, 2.45) is 0 Å². The number of rotatable bonds is 4. The van der Waals surface area contributed by atoms with Crippen molar-refractivity contribution in [1.29, 1.82) is 0 Å². The van der Waals surface area contributed by atoms with Crippen LogP contribution in [-0.4, -0.2) is 21.9 Å². The van der Waals surface area contributed by atoms with E-state index in [1.807, 2.05) is 0 Å². The number of amides is 1. The van der Waals surface area contributed by atoms with Gasteiger partial charge >= 0.3 is 0 Å². The number of halogens is 3. The van der Waals surface area contributed by atoms with Gasteiger partial charge < -0.3 is 9.88 Å². The van der Waals surface area contributed by atoms with Gasteiger partial charge in [0.2, 0.25) is 0 Å². The SMILES string of the molecule is O=C(Nc1ncccc1Br)c1cccn1CC(F)F. The van der Waals surface area contributed by atoms with Crippen LogP contribution < -0.4 is 5.32 Å². The van der Waals surface area contributed by atoms with Crippen molar-refractivity contribution in [1.82, 2.24) is 9.55 Å². The molecule has 4 nitrogen and oxygen atoms in total. The summed E-state index contributed by atoms with van der Waals surface area (Å²) < 4.78 is 26.5. The number of carbonyl (C=O) groups excluding carboxylic acids is 1. The standard InChI is InChI=1S/C12H10BrF2N3O/c13-8-3-1-5-16-11(8)17-12(19)9-4-2-6-18(9)7-10(14)15/h1-6,10H,7H2,(H,16,17,19). The minimum absolute atomic E-state index is 0.165. The van der Waals surface area contributed by atoms with Crippen molar-refractivity contribution in [3.05, 3.63) is 46.8 Å². The average Bonchev–Trinajstić information content (AvgIpc) is 2.79. The molecule has 1 amide bonds. The second kappa shape index (κ2) is 5.92. The van der Waals surface area contributed by atoms with E-state index in [0.717, 1.165) is 0 Å². The Bertz CT molecular complexity index is 586. The monoisotopic (exact) mass is 329 g/mol. The molecule has 0 spiro atoms. The first-order valence-corrected chi connectivity index (χ1v) is 6.22. The molecule has 2 aromatic heterocycles. The molecule has 7 heteroatoms. The van der Waals surface area contributed by atoms with Crippen molar-refractivity contribution in [2.45, 2.75) is 13.0 Å². The highest BCUT2D eigenvalue weighted by atomic mass is 79.9. The summed E-state index contributed by atoms with van der Waals surface area (Å²) in [7, 11) is 0. The summed E-state index contributed by atoms with van der Waals surface area (Å²) in [6.45, 7) is -0.515. The molecule has 0 aliphatic heterocycles. The lowest BCUT2D eigenvalue weighted by molar-refractivity contribution is 0.0997. The van der Waals surface area contributed by atoms with Crippen LogP contribution in [0.25, 0.3) is 0 Å². The van der Waals surface area contributed by atoms with Crippen LogP contribution in [0.3, 0.4) is 0 Å². The molecule has 0 atom stereocenters. The zero-order chi connectivity index (χ0) is 13.8. The van der Waals surface area contributed by atoms with E-state index in [2.05, 4.69) is 26.2 Å². The van der Waals surface area contributed by atoms with E-state index in [0.29, 0.717) is 10.3 Å². The number of pyridine rings is 1. The largest absolute Gasteiger partial charge is 0.338 e. The maximum Gasteiger partial charge on any atom is 0.273 e. The number of hydrogen-bond acceptors (Lipinski definition) is 2. The fourth-order valence-corrected chi connectivity index (χ4v) is 1.93. The van der Waals surface area contributed by atoms with Gasteiger partial charge in [-0.05, 0) is 40.2 Å². The summed E-state index contributed by atoms with van der Waals surface area (Å²) in [4.78, 5) is 16.0. The summed E-state index contributed by atoms with van der Waals surface area (Å²) in [5, 5.41) is 2.56. The van der Waals surface area contributed by atoms with Gasteiger partial charge in [0.15, 0.2) is 0 Å². The van der Waals surface area contributed by atoms with E-state index >= 15 is 0 Å². The molecule has 0 radical (unpaired) electrons. The van der Waals surface area contributed by atoms with E-state index in [1.54, 1.807) is 18.2 Å². The lowest BCUT2D eigenvalue weighted by Crippen LogP contribution is -2.19. The summed E-state index contributed by atoms with van der Waals surface area (Å²) >= 11 is 3.24. The average molecular weight is 330 g/mol. The number of alkyl halides is 2. The molecule has 100 valence electrons. The topological polar surface area (TPSA) is 46.9 Å². The number of carbonyl (C=O) groups is 1. The molecule has 2 aromatic rings. The van der Waals surface area contributed by atoms with Crippen LogP contribution in [0.5, 0.6) is 0 Å². The third-order valence-electron chi connectivity index (χ3n) is 2.39. The van der Waals surface area contributed by atoms with Gasteiger partial charge in [-0.15, -0.1) is 0 Å². The fourth-order valence-electron chi connectivity index (χ4n) is 1.58. The zero-order valence-electron chi connectivity index (χ0n) is 9.69. The second-order valence-electron chi connectivity index (χ2n) is 3.72. The number of nitrogens with zero attached hydrogens (tertiary/aromatic N) is 2. The molecule has 0 saturated carbocycles. The Morgan fingerprint density at radius 2 is 2.21 bits per heavy atom. The number of anilines is 1. The van der Waals surface area contributed by atoms with Crippen molar-refractivity contribution < 1.29 is 13.6 Å². The molecule has 0 unspecified atom stereocenters. The molecule has 0 bridgehead atoms. The minimum atomic E-state index is -2.51. The van der Waals surface area contributed by atoms with Gasteiger partial charge in [-0.3, -0.25) is 4.79 Å². The Kier molecular flexibility index (Phi) is 4.26. The van der Waals surface area contributed by atoms with E-state index in [9.17, 15) is 13.6 Å². The van der Waals surface area contributed by atoms with E-state index in [-0.39, 0.29) is 5.69 Å². The van der Waals surface area contributed by atoms with Gasteiger partial charge in [0.25, 0.3) is 12.3 Å². The summed E-state index contributed by atoms with van der Waals surface area (Å²) in [6.07, 6.45) is 0.452. The molecule has 0 aromatic carbocycles. The predicted octanol–water partition coefficient (Wildman–Crippen LogP) is 3.16. The fraction of sp³-hybridized carbons (Fsp3) is 0.167. The van der Waals surface area contributed by atoms with Crippen LogP contribution in [0, 0.1) is 0 Å². The van der Waals surface area contributed by atoms with Gasteiger partial charge in [-0.25, -0.2) is 13.8 Å². The van der Waals surface area contributed by atoms with E-state index < -0.39 is 18.9 Å². The van der Waals surface area contributed by atoms with E-state index in [1.165, 1.54) is 23.0 Å². The summed E-state index contributed by atoms with van der Waals surface area (Å²) in [6, 6.07) is 6.46. The molecular weight excluding hydrogens is 320 g/mol. The highest BCUT2D eigenvalue weighted by Crippen LogP contribution is 2.19. The predicted molar refractivity (Wildman–Crippen MR) is 70.3 cm³/mol. The van der Waals surface area contributed by atoms with Gasteiger partial charge in [-0.2, -0.15) is 0 Å². The molecule has 0 aliphatic rings. The Morgan fingerprint density at radius 3 is 2.89 bits per heavy atom. The van der Waals surface area contributed by atoms with Crippen LogP contribution >= 0.6 is 15.9 Å². The lowest BCUT2D eigenvalue weighted by Gasteiger charge is -2.09. The highest BCUT2D eigenvalue weighted by molar-refractivity contribution is 9.10. The Labute approximate surface area is 116 Å². The molecule has 2 heterocycles. The minimum Gasteiger partial charge on any atom is -0.338 e. The van der Waals surface area contributed by atoms with Crippen LogP contribution in [0.1, 0.15) is 10.5 Å². The molecule has 19 heavy (non-hydrogen) atoms. The van der Waals surface area contributed by atoms with Gasteiger partial charge in [0, 0.05) is 12.4 Å². The number of hydrogen-bond donors (Lipinski definition) is 1. The second-order valence-corrected chi connectivity index (χ2v) is 4.58.